The van der Waals surface area contributed by atoms with Gasteiger partial charge in [-0.15, -0.1) is 0 Å². The normalized spacial score (nSPS) is 22.7. The second-order valence-corrected chi connectivity index (χ2v) is 5.71. The van der Waals surface area contributed by atoms with Gasteiger partial charge in [0.05, 0.1) is 18.2 Å². The van der Waals surface area contributed by atoms with E-state index in [1.165, 1.54) is 0 Å². The van der Waals surface area contributed by atoms with Crippen molar-refractivity contribution in [3.05, 3.63) is 24.2 Å². The van der Waals surface area contributed by atoms with E-state index >= 15 is 0 Å². The topological polar surface area (TPSA) is 45.5 Å². The van der Waals surface area contributed by atoms with Crippen molar-refractivity contribution in [3.8, 4) is 0 Å². The zero-order valence-electron chi connectivity index (χ0n) is 12.7. The van der Waals surface area contributed by atoms with Gasteiger partial charge in [0.25, 0.3) is 0 Å². The Kier molecular flexibility index (Phi) is 5.24. The molecule has 0 aliphatic carbocycles. The minimum Gasteiger partial charge on any atom is -0.467 e. The number of nitrogens with one attached hydrogen (secondary N) is 1. The minimum atomic E-state index is -0.213. The first kappa shape index (κ1) is 15.1. The molecule has 1 aromatic rings. The Balaban J connectivity index is 2.11. The molecule has 1 N–H and O–H groups in total. The van der Waals surface area contributed by atoms with Gasteiger partial charge in [0.2, 0.25) is 5.91 Å². The molecule has 2 heterocycles. The number of carbonyl (C=O) groups is 1. The standard InChI is InChI=1S/C16H26N2O2/c1-3-8-16(9-6-10-17-13-16)15(19)18(4-2)12-14-7-5-11-20-14/h5,7,11,17H,3-4,6,8-10,12-13H2,1-2H3. The summed E-state index contributed by atoms with van der Waals surface area (Å²) in [5, 5.41) is 3.41. The van der Waals surface area contributed by atoms with E-state index in [1.54, 1.807) is 6.26 Å². The molecule has 0 spiro atoms. The average molecular weight is 278 g/mol. The summed E-state index contributed by atoms with van der Waals surface area (Å²) in [6.45, 7) is 7.35. The highest BCUT2D eigenvalue weighted by Gasteiger charge is 2.41. The largest absolute Gasteiger partial charge is 0.467 e. The van der Waals surface area contributed by atoms with Gasteiger partial charge in [-0.25, -0.2) is 0 Å². The Bertz CT molecular complexity index is 403. The van der Waals surface area contributed by atoms with Crippen LogP contribution in [0.2, 0.25) is 0 Å². The second-order valence-electron chi connectivity index (χ2n) is 5.71. The SMILES string of the molecule is CCCC1(C(=O)N(CC)Cc2ccco2)CCCNC1. The molecule has 0 saturated carbocycles. The fourth-order valence-corrected chi connectivity index (χ4v) is 3.20. The molecular weight excluding hydrogens is 252 g/mol. The van der Waals surface area contributed by atoms with Crippen molar-refractivity contribution in [2.75, 3.05) is 19.6 Å². The molecule has 4 nitrogen and oxygen atoms in total. The Hall–Kier alpha value is -1.29. The molecule has 4 heteroatoms. The molecule has 112 valence electrons. The maximum Gasteiger partial charge on any atom is 0.230 e. The highest BCUT2D eigenvalue weighted by Crippen LogP contribution is 2.34. The molecule has 20 heavy (non-hydrogen) atoms. The van der Waals surface area contributed by atoms with Gasteiger partial charge < -0.3 is 14.6 Å². The summed E-state index contributed by atoms with van der Waals surface area (Å²) in [4.78, 5) is 14.9. The first-order chi connectivity index (χ1) is 9.72. The van der Waals surface area contributed by atoms with Crippen LogP contribution in [0, 0.1) is 5.41 Å². The van der Waals surface area contributed by atoms with Crippen LogP contribution in [0.15, 0.2) is 22.8 Å². The number of rotatable bonds is 6. The van der Waals surface area contributed by atoms with Gasteiger partial charge in [0.15, 0.2) is 0 Å². The van der Waals surface area contributed by atoms with Crippen molar-refractivity contribution in [1.29, 1.82) is 0 Å². The molecule has 1 amide bonds. The lowest BCUT2D eigenvalue weighted by molar-refractivity contribution is -0.144. The van der Waals surface area contributed by atoms with Gasteiger partial charge in [0, 0.05) is 13.1 Å². The first-order valence-corrected chi connectivity index (χ1v) is 7.74. The van der Waals surface area contributed by atoms with Crippen LogP contribution in [0.3, 0.4) is 0 Å². The van der Waals surface area contributed by atoms with Crippen LogP contribution in [0.25, 0.3) is 0 Å². The minimum absolute atomic E-state index is 0.213. The van der Waals surface area contributed by atoms with Crippen molar-refractivity contribution >= 4 is 5.91 Å². The summed E-state index contributed by atoms with van der Waals surface area (Å²) in [6, 6.07) is 3.80. The predicted octanol–water partition coefficient (Wildman–Crippen LogP) is 2.80. The van der Waals surface area contributed by atoms with E-state index in [0.29, 0.717) is 6.54 Å². The molecule has 1 fully saturated rings. The molecule has 1 aliphatic heterocycles. The fourth-order valence-electron chi connectivity index (χ4n) is 3.20. The summed E-state index contributed by atoms with van der Waals surface area (Å²) in [5.74, 6) is 1.14. The van der Waals surface area contributed by atoms with Crippen LogP contribution in [0.1, 0.15) is 45.3 Å². The zero-order valence-corrected chi connectivity index (χ0v) is 12.7. The Morgan fingerprint density at radius 3 is 2.90 bits per heavy atom. The van der Waals surface area contributed by atoms with E-state index in [0.717, 1.165) is 51.1 Å². The van der Waals surface area contributed by atoms with Crippen molar-refractivity contribution in [1.82, 2.24) is 10.2 Å². The van der Waals surface area contributed by atoms with Gasteiger partial charge in [-0.2, -0.15) is 0 Å². The van der Waals surface area contributed by atoms with Crippen LogP contribution < -0.4 is 5.32 Å². The van der Waals surface area contributed by atoms with Crippen LogP contribution in [-0.2, 0) is 11.3 Å². The smallest absolute Gasteiger partial charge is 0.230 e. The molecule has 0 bridgehead atoms. The van der Waals surface area contributed by atoms with Gasteiger partial charge in [-0.1, -0.05) is 13.3 Å². The third-order valence-electron chi connectivity index (χ3n) is 4.25. The molecule has 2 rings (SSSR count). The Labute approximate surface area is 121 Å². The summed E-state index contributed by atoms with van der Waals surface area (Å²) in [6.07, 6.45) is 5.77. The fraction of sp³-hybridized carbons (Fsp3) is 0.688. The third kappa shape index (κ3) is 3.23. The number of nitrogens with zero attached hydrogens (tertiary/aromatic N) is 1. The molecule has 1 aromatic heterocycles. The van der Waals surface area contributed by atoms with Crippen molar-refractivity contribution in [2.45, 2.75) is 46.1 Å². The molecule has 1 atom stereocenters. The van der Waals surface area contributed by atoms with Crippen LogP contribution in [-0.4, -0.2) is 30.4 Å². The highest BCUT2D eigenvalue weighted by atomic mass is 16.3. The van der Waals surface area contributed by atoms with E-state index in [9.17, 15) is 4.79 Å². The number of carbonyl (C=O) groups excluding carboxylic acids is 1. The van der Waals surface area contributed by atoms with Crippen LogP contribution in [0.5, 0.6) is 0 Å². The molecule has 1 aliphatic rings. The number of piperidine rings is 1. The van der Waals surface area contributed by atoms with E-state index in [4.69, 9.17) is 4.42 Å². The maximum atomic E-state index is 13.0. The lowest BCUT2D eigenvalue weighted by atomic mass is 9.75. The molecular formula is C16H26N2O2. The second kappa shape index (κ2) is 6.93. The summed E-state index contributed by atoms with van der Waals surface area (Å²) in [5.41, 5.74) is -0.213. The number of furan rings is 1. The maximum absolute atomic E-state index is 13.0. The number of amides is 1. The van der Waals surface area contributed by atoms with E-state index < -0.39 is 0 Å². The quantitative estimate of drug-likeness (QED) is 0.870. The molecule has 0 radical (unpaired) electrons. The van der Waals surface area contributed by atoms with Crippen molar-refractivity contribution in [3.63, 3.8) is 0 Å². The lowest BCUT2D eigenvalue weighted by Crippen LogP contribution is -2.51. The Morgan fingerprint density at radius 2 is 2.35 bits per heavy atom. The number of hydrogen-bond donors (Lipinski definition) is 1. The summed E-state index contributed by atoms with van der Waals surface area (Å²) < 4.78 is 5.39. The lowest BCUT2D eigenvalue weighted by Gasteiger charge is -2.39. The van der Waals surface area contributed by atoms with Gasteiger partial charge >= 0.3 is 0 Å². The molecule has 1 saturated heterocycles. The predicted molar refractivity (Wildman–Crippen MR) is 79.2 cm³/mol. The van der Waals surface area contributed by atoms with Crippen molar-refractivity contribution in [2.24, 2.45) is 5.41 Å². The van der Waals surface area contributed by atoms with Gasteiger partial charge in [0.1, 0.15) is 5.76 Å². The van der Waals surface area contributed by atoms with Crippen molar-refractivity contribution < 1.29 is 9.21 Å². The first-order valence-electron chi connectivity index (χ1n) is 7.74. The van der Waals surface area contributed by atoms with Gasteiger partial charge in [-0.05, 0) is 44.9 Å². The van der Waals surface area contributed by atoms with Gasteiger partial charge in [-0.3, -0.25) is 4.79 Å². The zero-order chi connectivity index (χ0) is 14.4. The molecule has 1 unspecified atom stereocenters. The van der Waals surface area contributed by atoms with Crippen LogP contribution >= 0.6 is 0 Å². The van der Waals surface area contributed by atoms with Crippen LogP contribution in [0.4, 0.5) is 0 Å². The monoisotopic (exact) mass is 278 g/mol. The Morgan fingerprint density at radius 1 is 1.50 bits per heavy atom. The average Bonchev–Trinajstić information content (AvgIpc) is 2.98. The summed E-state index contributed by atoms with van der Waals surface area (Å²) >= 11 is 0. The van der Waals surface area contributed by atoms with E-state index in [2.05, 4.69) is 12.2 Å². The number of hydrogen-bond acceptors (Lipinski definition) is 3. The van der Waals surface area contributed by atoms with E-state index in [-0.39, 0.29) is 11.3 Å². The summed E-state index contributed by atoms with van der Waals surface area (Å²) in [7, 11) is 0. The highest BCUT2D eigenvalue weighted by molar-refractivity contribution is 5.83. The molecule has 0 aromatic carbocycles. The van der Waals surface area contributed by atoms with E-state index in [1.807, 2.05) is 24.0 Å². The third-order valence-corrected chi connectivity index (χ3v) is 4.25.